The number of rotatable bonds is 5. The van der Waals surface area contributed by atoms with E-state index in [9.17, 15) is 9.18 Å². The third kappa shape index (κ3) is 3.88. The van der Waals surface area contributed by atoms with E-state index in [-0.39, 0.29) is 18.1 Å². The summed E-state index contributed by atoms with van der Waals surface area (Å²) in [5.74, 6) is 0.592. The highest BCUT2D eigenvalue weighted by molar-refractivity contribution is 5.76. The van der Waals surface area contributed by atoms with Crippen LogP contribution < -0.4 is 5.32 Å². The van der Waals surface area contributed by atoms with Crippen molar-refractivity contribution in [3.05, 3.63) is 46.9 Å². The van der Waals surface area contributed by atoms with Crippen LogP contribution in [0, 0.1) is 19.7 Å². The zero-order chi connectivity index (χ0) is 14.5. The molecule has 0 saturated heterocycles. The molecule has 0 saturated carbocycles. The Morgan fingerprint density at radius 1 is 1.40 bits per heavy atom. The van der Waals surface area contributed by atoms with Gasteiger partial charge in [0.05, 0.1) is 0 Å². The first-order valence-corrected chi connectivity index (χ1v) is 6.35. The van der Waals surface area contributed by atoms with Gasteiger partial charge in [-0.15, -0.1) is 0 Å². The van der Waals surface area contributed by atoms with Gasteiger partial charge in [-0.25, -0.2) is 4.39 Å². The van der Waals surface area contributed by atoms with E-state index in [1.165, 1.54) is 6.07 Å². The minimum Gasteiger partial charge on any atom is -0.352 e. The van der Waals surface area contributed by atoms with Gasteiger partial charge >= 0.3 is 0 Å². The minimum atomic E-state index is -0.266. The first kappa shape index (κ1) is 14.2. The van der Waals surface area contributed by atoms with Crippen LogP contribution in [0.2, 0.25) is 0 Å². The number of carbonyl (C=O) groups is 1. The molecule has 2 rings (SSSR count). The summed E-state index contributed by atoms with van der Waals surface area (Å²) in [5.41, 5.74) is 1.32. The largest absolute Gasteiger partial charge is 0.352 e. The molecule has 1 N–H and O–H groups in total. The van der Waals surface area contributed by atoms with Crippen LogP contribution in [0.3, 0.4) is 0 Å². The summed E-state index contributed by atoms with van der Waals surface area (Å²) in [7, 11) is 0. The van der Waals surface area contributed by atoms with Gasteiger partial charge in [0.25, 0.3) is 0 Å². The zero-order valence-corrected chi connectivity index (χ0v) is 11.4. The van der Waals surface area contributed by atoms with E-state index in [0.717, 1.165) is 5.56 Å². The van der Waals surface area contributed by atoms with Crippen molar-refractivity contribution in [1.82, 2.24) is 15.5 Å². The number of benzene rings is 1. The van der Waals surface area contributed by atoms with E-state index >= 15 is 0 Å². The van der Waals surface area contributed by atoms with Gasteiger partial charge in [0.15, 0.2) is 5.82 Å². The number of aromatic nitrogens is 2. The van der Waals surface area contributed by atoms with E-state index in [4.69, 9.17) is 4.52 Å². The van der Waals surface area contributed by atoms with Crippen molar-refractivity contribution < 1.29 is 13.7 Å². The SMILES string of the molecule is Cc1noc(CCC(=O)NCc2ccc(C)c(F)c2)n1. The Morgan fingerprint density at radius 3 is 2.85 bits per heavy atom. The normalized spacial score (nSPS) is 10.6. The fourth-order valence-corrected chi connectivity index (χ4v) is 1.70. The van der Waals surface area contributed by atoms with Crippen molar-refractivity contribution in [3.63, 3.8) is 0 Å². The minimum absolute atomic E-state index is 0.137. The van der Waals surface area contributed by atoms with Crippen LogP contribution in [0.4, 0.5) is 4.39 Å². The van der Waals surface area contributed by atoms with Crippen molar-refractivity contribution in [2.75, 3.05) is 0 Å². The molecular weight excluding hydrogens is 261 g/mol. The average Bonchev–Trinajstić information content (AvgIpc) is 2.83. The summed E-state index contributed by atoms with van der Waals surface area (Å²) in [4.78, 5) is 15.7. The van der Waals surface area contributed by atoms with E-state index in [2.05, 4.69) is 15.5 Å². The molecule has 1 aromatic heterocycles. The number of aryl methyl sites for hydroxylation is 3. The van der Waals surface area contributed by atoms with E-state index in [0.29, 0.717) is 30.2 Å². The van der Waals surface area contributed by atoms with Gasteiger partial charge in [-0.05, 0) is 31.0 Å². The molecule has 0 bridgehead atoms. The molecule has 6 heteroatoms. The van der Waals surface area contributed by atoms with Crippen molar-refractivity contribution in [2.24, 2.45) is 0 Å². The average molecular weight is 277 g/mol. The van der Waals surface area contributed by atoms with Crippen molar-refractivity contribution in [3.8, 4) is 0 Å². The lowest BCUT2D eigenvalue weighted by atomic mass is 10.1. The third-order valence-electron chi connectivity index (χ3n) is 2.86. The molecule has 1 aromatic carbocycles. The molecule has 5 nitrogen and oxygen atoms in total. The zero-order valence-electron chi connectivity index (χ0n) is 11.4. The Labute approximate surface area is 116 Å². The summed E-state index contributed by atoms with van der Waals surface area (Å²) < 4.78 is 18.3. The van der Waals surface area contributed by atoms with Gasteiger partial charge in [0, 0.05) is 19.4 Å². The van der Waals surface area contributed by atoms with Gasteiger partial charge in [0.2, 0.25) is 11.8 Å². The quantitative estimate of drug-likeness (QED) is 0.908. The van der Waals surface area contributed by atoms with E-state index in [1.807, 2.05) is 0 Å². The number of carbonyl (C=O) groups excluding carboxylic acids is 1. The van der Waals surface area contributed by atoms with E-state index in [1.54, 1.807) is 26.0 Å². The maximum atomic E-state index is 13.3. The topological polar surface area (TPSA) is 68.0 Å². The second-order valence-corrected chi connectivity index (χ2v) is 4.60. The number of hydrogen-bond acceptors (Lipinski definition) is 4. The summed E-state index contributed by atoms with van der Waals surface area (Å²) in [6.45, 7) is 3.72. The fourth-order valence-electron chi connectivity index (χ4n) is 1.70. The first-order chi connectivity index (χ1) is 9.54. The molecule has 0 aliphatic rings. The summed E-state index contributed by atoms with van der Waals surface area (Å²) in [5, 5.41) is 6.37. The Kier molecular flexibility index (Phi) is 4.45. The monoisotopic (exact) mass is 277 g/mol. The fraction of sp³-hybridized carbons (Fsp3) is 0.357. The van der Waals surface area contributed by atoms with Gasteiger partial charge < -0.3 is 9.84 Å². The number of nitrogens with zero attached hydrogens (tertiary/aromatic N) is 2. The second kappa shape index (κ2) is 6.27. The molecule has 0 fully saturated rings. The molecular formula is C14H16FN3O2. The number of hydrogen-bond donors (Lipinski definition) is 1. The molecule has 1 heterocycles. The van der Waals surface area contributed by atoms with E-state index < -0.39 is 0 Å². The first-order valence-electron chi connectivity index (χ1n) is 6.35. The summed E-state index contributed by atoms with van der Waals surface area (Å²) in [6, 6.07) is 4.91. The van der Waals surface area contributed by atoms with Crippen LogP contribution in [-0.2, 0) is 17.8 Å². The second-order valence-electron chi connectivity index (χ2n) is 4.60. The molecule has 0 radical (unpaired) electrons. The number of halogens is 1. The predicted octanol–water partition coefficient (Wildman–Crippen LogP) is 2.07. The maximum absolute atomic E-state index is 13.3. The standard InChI is InChI=1S/C14H16FN3O2/c1-9-3-4-11(7-12(9)15)8-16-13(19)5-6-14-17-10(2)18-20-14/h3-4,7H,5-6,8H2,1-2H3,(H,16,19). The summed E-state index contributed by atoms with van der Waals surface area (Å²) >= 11 is 0. The van der Waals surface area contributed by atoms with Gasteiger partial charge in [0.1, 0.15) is 5.82 Å². The molecule has 0 aliphatic carbocycles. The van der Waals surface area contributed by atoms with Gasteiger partial charge in [-0.1, -0.05) is 17.3 Å². The van der Waals surface area contributed by atoms with Gasteiger partial charge in [-0.3, -0.25) is 4.79 Å². The van der Waals surface area contributed by atoms with Crippen LogP contribution in [0.25, 0.3) is 0 Å². The maximum Gasteiger partial charge on any atom is 0.227 e. The Morgan fingerprint density at radius 2 is 2.20 bits per heavy atom. The molecule has 0 spiro atoms. The molecule has 0 unspecified atom stereocenters. The van der Waals surface area contributed by atoms with Crippen LogP contribution in [-0.4, -0.2) is 16.0 Å². The van der Waals surface area contributed by atoms with Crippen LogP contribution >= 0.6 is 0 Å². The molecule has 1 amide bonds. The molecule has 0 atom stereocenters. The van der Waals surface area contributed by atoms with Crippen LogP contribution in [0.1, 0.15) is 29.3 Å². The highest BCUT2D eigenvalue weighted by atomic mass is 19.1. The molecule has 20 heavy (non-hydrogen) atoms. The lowest BCUT2D eigenvalue weighted by Gasteiger charge is -2.05. The third-order valence-corrected chi connectivity index (χ3v) is 2.86. The molecule has 106 valence electrons. The lowest BCUT2D eigenvalue weighted by molar-refractivity contribution is -0.121. The highest BCUT2D eigenvalue weighted by Gasteiger charge is 2.07. The predicted molar refractivity (Wildman–Crippen MR) is 70.3 cm³/mol. The van der Waals surface area contributed by atoms with Crippen molar-refractivity contribution in [2.45, 2.75) is 33.2 Å². The Bertz CT molecular complexity index is 610. The molecule has 2 aromatic rings. The van der Waals surface area contributed by atoms with Crippen LogP contribution in [0.5, 0.6) is 0 Å². The van der Waals surface area contributed by atoms with Crippen LogP contribution in [0.15, 0.2) is 22.7 Å². The smallest absolute Gasteiger partial charge is 0.227 e. The van der Waals surface area contributed by atoms with Crippen molar-refractivity contribution in [1.29, 1.82) is 0 Å². The van der Waals surface area contributed by atoms with Gasteiger partial charge in [-0.2, -0.15) is 4.98 Å². The number of nitrogens with one attached hydrogen (secondary N) is 1. The summed E-state index contributed by atoms with van der Waals surface area (Å²) in [6.07, 6.45) is 0.658. The molecule has 0 aliphatic heterocycles. The highest BCUT2D eigenvalue weighted by Crippen LogP contribution is 2.09. The lowest BCUT2D eigenvalue weighted by Crippen LogP contribution is -2.23. The number of amides is 1. The Hall–Kier alpha value is -2.24. The Balaban J connectivity index is 1.78. The van der Waals surface area contributed by atoms with Crippen molar-refractivity contribution >= 4 is 5.91 Å².